The quantitative estimate of drug-likeness (QED) is 0.880. The lowest BCUT2D eigenvalue weighted by Gasteiger charge is -2.43. The minimum atomic E-state index is 0. The van der Waals surface area contributed by atoms with E-state index in [2.05, 4.69) is 22.0 Å². The van der Waals surface area contributed by atoms with E-state index in [9.17, 15) is 0 Å². The zero-order valence-corrected chi connectivity index (χ0v) is 11.3. The van der Waals surface area contributed by atoms with Gasteiger partial charge in [-0.15, -0.1) is 12.4 Å². The van der Waals surface area contributed by atoms with Gasteiger partial charge in [-0.05, 0) is 56.7 Å². The summed E-state index contributed by atoms with van der Waals surface area (Å²) >= 11 is 0. The first-order valence-corrected chi connectivity index (χ1v) is 6.63. The Morgan fingerprint density at radius 3 is 3.18 bits per heavy atom. The van der Waals surface area contributed by atoms with Crippen LogP contribution < -0.4 is 0 Å². The predicted octanol–water partition coefficient (Wildman–Crippen LogP) is 2.42. The van der Waals surface area contributed by atoms with E-state index in [1.165, 1.54) is 56.5 Å². The number of likely N-dealkylation sites (tertiary alicyclic amines) is 1. The smallest absolute Gasteiger partial charge is 0.0522 e. The van der Waals surface area contributed by atoms with Crippen molar-refractivity contribution in [1.29, 1.82) is 0 Å². The first-order chi connectivity index (χ1) is 7.88. The van der Waals surface area contributed by atoms with Crippen LogP contribution in [-0.2, 0) is 12.8 Å². The molecule has 1 unspecified atom stereocenters. The third-order valence-electron chi connectivity index (χ3n) is 4.25. The molecule has 2 aliphatic rings. The Morgan fingerprint density at radius 1 is 1.47 bits per heavy atom. The summed E-state index contributed by atoms with van der Waals surface area (Å²) in [4.78, 5) is 2.71. The van der Waals surface area contributed by atoms with Crippen LogP contribution in [0, 0.1) is 5.92 Å². The number of hydrogen-bond donors (Lipinski definition) is 1. The molecule has 1 fully saturated rings. The van der Waals surface area contributed by atoms with E-state index in [-0.39, 0.29) is 12.4 Å². The van der Waals surface area contributed by atoms with Crippen molar-refractivity contribution in [1.82, 2.24) is 15.1 Å². The molecule has 0 spiro atoms. The van der Waals surface area contributed by atoms with E-state index in [0.717, 1.165) is 12.0 Å². The SMILES string of the molecule is CCCN1CCC[C@@H]2Cc3[nH]ncc3CC21.Cl. The van der Waals surface area contributed by atoms with Crippen LogP contribution in [0.2, 0.25) is 0 Å². The van der Waals surface area contributed by atoms with E-state index >= 15 is 0 Å². The van der Waals surface area contributed by atoms with E-state index in [4.69, 9.17) is 0 Å². The first kappa shape index (κ1) is 12.9. The molecule has 3 nitrogen and oxygen atoms in total. The highest BCUT2D eigenvalue weighted by molar-refractivity contribution is 5.85. The Balaban J connectivity index is 0.00000108. The van der Waals surface area contributed by atoms with Gasteiger partial charge in [-0.25, -0.2) is 0 Å². The molecule has 2 heterocycles. The van der Waals surface area contributed by atoms with Crippen molar-refractivity contribution in [2.75, 3.05) is 13.1 Å². The normalized spacial score (nSPS) is 28.1. The van der Waals surface area contributed by atoms with Crippen LogP contribution in [0.3, 0.4) is 0 Å². The Bertz CT molecular complexity index is 361. The fourth-order valence-electron chi connectivity index (χ4n) is 3.49. The predicted molar refractivity (Wildman–Crippen MR) is 71.6 cm³/mol. The number of H-pyrrole nitrogens is 1. The lowest BCUT2D eigenvalue weighted by molar-refractivity contribution is 0.0850. The molecule has 17 heavy (non-hydrogen) atoms. The summed E-state index contributed by atoms with van der Waals surface area (Å²) in [5.41, 5.74) is 2.86. The maximum atomic E-state index is 4.19. The van der Waals surface area contributed by atoms with Gasteiger partial charge < -0.3 is 0 Å². The fraction of sp³-hybridized carbons (Fsp3) is 0.769. The lowest BCUT2D eigenvalue weighted by atomic mass is 9.77. The molecule has 1 N–H and O–H groups in total. The molecule has 1 saturated heterocycles. The van der Waals surface area contributed by atoms with Gasteiger partial charge >= 0.3 is 0 Å². The van der Waals surface area contributed by atoms with E-state index < -0.39 is 0 Å². The molecule has 1 aromatic rings. The van der Waals surface area contributed by atoms with E-state index in [1.54, 1.807) is 0 Å². The number of rotatable bonds is 2. The molecule has 2 atom stereocenters. The van der Waals surface area contributed by atoms with Gasteiger partial charge in [0.2, 0.25) is 0 Å². The highest BCUT2D eigenvalue weighted by atomic mass is 35.5. The summed E-state index contributed by atoms with van der Waals surface area (Å²) in [6.07, 6.45) is 8.54. The monoisotopic (exact) mass is 255 g/mol. The zero-order chi connectivity index (χ0) is 11.0. The summed E-state index contributed by atoms with van der Waals surface area (Å²) in [5.74, 6) is 0.869. The number of aromatic nitrogens is 2. The maximum Gasteiger partial charge on any atom is 0.0522 e. The minimum absolute atomic E-state index is 0. The molecule has 0 bridgehead atoms. The second kappa shape index (κ2) is 5.40. The van der Waals surface area contributed by atoms with Crippen LogP contribution in [0.4, 0.5) is 0 Å². The summed E-state index contributed by atoms with van der Waals surface area (Å²) in [5, 5.41) is 7.36. The molecule has 0 aromatic carbocycles. The van der Waals surface area contributed by atoms with Crippen molar-refractivity contribution in [2.45, 2.75) is 45.1 Å². The molecule has 0 saturated carbocycles. The minimum Gasteiger partial charge on any atom is -0.300 e. The average Bonchev–Trinajstić information content (AvgIpc) is 2.74. The molecule has 3 rings (SSSR count). The van der Waals surface area contributed by atoms with Crippen LogP contribution in [-0.4, -0.2) is 34.2 Å². The average molecular weight is 256 g/mol. The molecule has 0 amide bonds. The molecular formula is C13H22ClN3. The molecule has 96 valence electrons. The second-order valence-corrected chi connectivity index (χ2v) is 5.29. The van der Waals surface area contributed by atoms with Gasteiger partial charge in [0.15, 0.2) is 0 Å². The van der Waals surface area contributed by atoms with Gasteiger partial charge in [-0.1, -0.05) is 6.92 Å². The Morgan fingerprint density at radius 2 is 2.35 bits per heavy atom. The number of fused-ring (bicyclic) bond motifs is 2. The number of nitrogens with zero attached hydrogens (tertiary/aromatic N) is 2. The van der Waals surface area contributed by atoms with Crippen molar-refractivity contribution in [2.24, 2.45) is 5.92 Å². The number of piperidine rings is 1. The maximum absolute atomic E-state index is 4.19. The van der Waals surface area contributed by atoms with Crippen molar-refractivity contribution in [3.8, 4) is 0 Å². The fourth-order valence-corrected chi connectivity index (χ4v) is 3.49. The van der Waals surface area contributed by atoms with Crippen molar-refractivity contribution >= 4 is 12.4 Å². The summed E-state index contributed by atoms with van der Waals surface area (Å²) < 4.78 is 0. The first-order valence-electron chi connectivity index (χ1n) is 6.63. The van der Waals surface area contributed by atoms with E-state index in [1.807, 2.05) is 6.20 Å². The molecule has 4 heteroatoms. The third kappa shape index (κ3) is 2.36. The van der Waals surface area contributed by atoms with Gasteiger partial charge in [-0.3, -0.25) is 10.00 Å². The van der Waals surface area contributed by atoms with Crippen molar-refractivity contribution < 1.29 is 0 Å². The standard InChI is InChI=1S/C13H21N3.ClH/c1-2-5-16-6-3-4-10-7-12-11(8-13(10)16)9-14-15-12;/h9-10,13H,2-8H2,1H3,(H,14,15);1H/t10-,13?;/m1./s1. The van der Waals surface area contributed by atoms with Crippen LogP contribution in [0.25, 0.3) is 0 Å². The second-order valence-electron chi connectivity index (χ2n) is 5.29. The largest absolute Gasteiger partial charge is 0.300 e. The highest BCUT2D eigenvalue weighted by Gasteiger charge is 2.35. The Hall–Kier alpha value is -0.540. The number of hydrogen-bond acceptors (Lipinski definition) is 2. The number of nitrogens with one attached hydrogen (secondary N) is 1. The van der Waals surface area contributed by atoms with Gasteiger partial charge in [0.25, 0.3) is 0 Å². The van der Waals surface area contributed by atoms with Crippen molar-refractivity contribution in [3.05, 3.63) is 17.5 Å². The van der Waals surface area contributed by atoms with E-state index in [0.29, 0.717) is 0 Å². The number of halogens is 1. The lowest BCUT2D eigenvalue weighted by Crippen LogP contribution is -2.49. The summed E-state index contributed by atoms with van der Waals surface area (Å²) in [6.45, 7) is 4.87. The van der Waals surface area contributed by atoms with Crippen LogP contribution in [0.1, 0.15) is 37.4 Å². The molecule has 1 aliphatic carbocycles. The van der Waals surface area contributed by atoms with Crippen LogP contribution in [0.15, 0.2) is 6.20 Å². The Labute approximate surface area is 109 Å². The molecule has 1 aromatic heterocycles. The summed E-state index contributed by atoms with van der Waals surface area (Å²) in [6, 6.07) is 0.791. The molecule has 0 radical (unpaired) electrons. The third-order valence-corrected chi connectivity index (χ3v) is 4.25. The molecule has 1 aliphatic heterocycles. The number of aromatic amines is 1. The van der Waals surface area contributed by atoms with Crippen LogP contribution in [0.5, 0.6) is 0 Å². The van der Waals surface area contributed by atoms with Gasteiger partial charge in [-0.2, -0.15) is 5.10 Å². The highest BCUT2D eigenvalue weighted by Crippen LogP contribution is 2.34. The van der Waals surface area contributed by atoms with Gasteiger partial charge in [0.05, 0.1) is 6.20 Å². The van der Waals surface area contributed by atoms with Crippen molar-refractivity contribution in [3.63, 3.8) is 0 Å². The zero-order valence-electron chi connectivity index (χ0n) is 10.5. The molecular weight excluding hydrogens is 234 g/mol. The van der Waals surface area contributed by atoms with Gasteiger partial charge in [0, 0.05) is 11.7 Å². The topological polar surface area (TPSA) is 31.9 Å². The van der Waals surface area contributed by atoms with Crippen LogP contribution >= 0.6 is 12.4 Å². The Kier molecular flexibility index (Phi) is 4.10. The summed E-state index contributed by atoms with van der Waals surface area (Å²) in [7, 11) is 0. The van der Waals surface area contributed by atoms with Gasteiger partial charge in [0.1, 0.15) is 0 Å².